The maximum atomic E-state index is 12.1. The molecular weight excluding hydrogens is 397 g/mol. The molecule has 1 aromatic heterocycles. The molecule has 2 aromatic rings. The summed E-state index contributed by atoms with van der Waals surface area (Å²) in [6.07, 6.45) is 1.75. The van der Waals surface area contributed by atoms with Gasteiger partial charge >= 0.3 is 5.97 Å². The number of likely N-dealkylation sites (tertiary alicyclic amines) is 1. The molecule has 0 N–H and O–H groups in total. The molecule has 3 heterocycles. The van der Waals surface area contributed by atoms with Crippen molar-refractivity contribution in [3.8, 4) is 0 Å². The fourth-order valence-corrected chi connectivity index (χ4v) is 4.74. The van der Waals surface area contributed by atoms with E-state index in [9.17, 15) is 4.79 Å². The van der Waals surface area contributed by atoms with Gasteiger partial charge < -0.3 is 9.64 Å². The van der Waals surface area contributed by atoms with E-state index in [2.05, 4.69) is 53.0 Å². The number of ether oxygens (including phenoxy) is 1. The molecule has 4 rings (SSSR count). The summed E-state index contributed by atoms with van der Waals surface area (Å²) < 4.78 is 4.94. The average Bonchev–Trinajstić information content (AvgIpc) is 3.18. The number of carbonyl (C=O) groups excluding carboxylic acids is 1. The Morgan fingerprint density at radius 1 is 1.11 bits per heavy atom. The first kappa shape index (κ1) is 22.5. The number of nitrogens with zero attached hydrogens (tertiary/aromatic N) is 3. The predicted octanol–water partition coefficient (Wildman–Crippen LogP) is 3.76. The second kappa shape index (κ2) is 9.12. The fraction of sp³-hybridized carbons (Fsp3) is 0.429. The number of methoxy groups -OCH3 is 1. The number of hydrogen-bond donors (Lipinski definition) is 0. The number of esters is 1. The van der Waals surface area contributed by atoms with Crippen molar-refractivity contribution >= 4 is 36.6 Å². The molecule has 2 saturated heterocycles. The van der Waals surface area contributed by atoms with Gasteiger partial charge in [-0.05, 0) is 43.1 Å². The molecule has 28 heavy (non-hydrogen) atoms. The molecule has 0 amide bonds. The Morgan fingerprint density at radius 2 is 1.86 bits per heavy atom. The van der Waals surface area contributed by atoms with Gasteiger partial charge in [0.05, 0.1) is 7.11 Å². The van der Waals surface area contributed by atoms with Gasteiger partial charge in [-0.3, -0.25) is 4.90 Å². The Bertz CT molecular complexity index is 833. The van der Waals surface area contributed by atoms with Gasteiger partial charge in [-0.15, -0.1) is 24.8 Å². The number of carbonyl (C=O) groups is 1. The van der Waals surface area contributed by atoms with E-state index in [4.69, 9.17) is 4.74 Å². The zero-order valence-corrected chi connectivity index (χ0v) is 18.0. The van der Waals surface area contributed by atoms with Crippen LogP contribution in [0.4, 0.5) is 5.82 Å². The average molecular weight is 424 g/mol. The molecule has 0 aliphatic carbocycles. The second-order valence-corrected chi connectivity index (χ2v) is 7.44. The normalized spacial score (nSPS) is 23.5. The zero-order valence-electron chi connectivity index (χ0n) is 16.4. The Hall–Kier alpha value is -1.82. The second-order valence-electron chi connectivity index (χ2n) is 7.44. The highest BCUT2D eigenvalue weighted by molar-refractivity contribution is 5.94. The lowest BCUT2D eigenvalue weighted by atomic mass is 9.88. The van der Waals surface area contributed by atoms with Crippen LogP contribution in [0.15, 0.2) is 42.6 Å². The van der Waals surface area contributed by atoms with Crippen LogP contribution in [-0.2, 0) is 4.74 Å². The standard InChI is InChI=1S/C21H25N3O2.2ClH/c1-14-7-4-5-8-16(14)19-18-13-24(12-15(18)11-23(19)2)20-17(21(25)26-3)9-6-10-22-20;;/h4-10,15,18-19H,11-13H2,1-3H3;2*1H/t15-,18+,19-;;/m0../s1. The Kier molecular flexibility index (Phi) is 7.32. The molecule has 5 nitrogen and oxygen atoms in total. The number of aromatic nitrogens is 1. The van der Waals surface area contributed by atoms with Crippen molar-refractivity contribution in [1.82, 2.24) is 9.88 Å². The number of rotatable bonds is 3. The van der Waals surface area contributed by atoms with Crippen molar-refractivity contribution in [1.29, 1.82) is 0 Å². The van der Waals surface area contributed by atoms with E-state index >= 15 is 0 Å². The van der Waals surface area contributed by atoms with Crippen LogP contribution in [0.2, 0.25) is 0 Å². The van der Waals surface area contributed by atoms with Crippen LogP contribution < -0.4 is 4.90 Å². The van der Waals surface area contributed by atoms with Gasteiger partial charge in [0.2, 0.25) is 0 Å². The van der Waals surface area contributed by atoms with E-state index < -0.39 is 0 Å². The van der Waals surface area contributed by atoms with E-state index in [-0.39, 0.29) is 30.8 Å². The molecule has 1 aromatic carbocycles. The maximum Gasteiger partial charge on any atom is 0.341 e. The molecule has 2 fully saturated rings. The van der Waals surface area contributed by atoms with E-state index in [1.54, 1.807) is 18.3 Å². The minimum atomic E-state index is -0.322. The molecule has 2 aliphatic heterocycles. The van der Waals surface area contributed by atoms with Gasteiger partial charge in [-0.2, -0.15) is 0 Å². The lowest BCUT2D eigenvalue weighted by molar-refractivity contribution is 0.0601. The van der Waals surface area contributed by atoms with Gasteiger partial charge in [0.25, 0.3) is 0 Å². The first-order valence-electron chi connectivity index (χ1n) is 9.14. The van der Waals surface area contributed by atoms with E-state index in [1.807, 2.05) is 0 Å². The molecule has 0 spiro atoms. The van der Waals surface area contributed by atoms with Crippen LogP contribution in [0.3, 0.4) is 0 Å². The minimum Gasteiger partial charge on any atom is -0.465 e. The Labute approximate surface area is 178 Å². The van der Waals surface area contributed by atoms with Crippen LogP contribution in [0.25, 0.3) is 0 Å². The predicted molar refractivity (Wildman–Crippen MR) is 116 cm³/mol. The Morgan fingerprint density at radius 3 is 2.57 bits per heavy atom. The molecule has 7 heteroatoms. The fourth-order valence-electron chi connectivity index (χ4n) is 4.74. The van der Waals surface area contributed by atoms with E-state index in [1.165, 1.54) is 18.2 Å². The summed E-state index contributed by atoms with van der Waals surface area (Å²) in [5.41, 5.74) is 3.31. The number of anilines is 1. The molecule has 0 saturated carbocycles. The molecule has 0 unspecified atom stereocenters. The van der Waals surface area contributed by atoms with E-state index in [0.29, 0.717) is 23.4 Å². The minimum absolute atomic E-state index is 0. The van der Waals surface area contributed by atoms with E-state index in [0.717, 1.165) is 25.5 Å². The van der Waals surface area contributed by atoms with Gasteiger partial charge in [0.1, 0.15) is 11.4 Å². The zero-order chi connectivity index (χ0) is 18.3. The maximum absolute atomic E-state index is 12.1. The molecular formula is C21H27Cl2N3O2. The summed E-state index contributed by atoms with van der Waals surface area (Å²) in [7, 11) is 3.64. The van der Waals surface area contributed by atoms with Crippen molar-refractivity contribution in [2.24, 2.45) is 11.8 Å². The van der Waals surface area contributed by atoms with Crippen LogP contribution in [0.5, 0.6) is 0 Å². The van der Waals surface area contributed by atoms with Gasteiger partial charge in [0, 0.05) is 37.8 Å². The Balaban J connectivity index is 0.00000140. The lowest BCUT2D eigenvalue weighted by Crippen LogP contribution is -2.30. The number of fused-ring (bicyclic) bond motifs is 1. The summed E-state index contributed by atoms with van der Waals surface area (Å²) in [5, 5.41) is 0. The molecule has 152 valence electrons. The largest absolute Gasteiger partial charge is 0.465 e. The van der Waals surface area contributed by atoms with Crippen molar-refractivity contribution in [3.05, 3.63) is 59.3 Å². The number of halogens is 2. The quantitative estimate of drug-likeness (QED) is 0.703. The van der Waals surface area contributed by atoms with Gasteiger partial charge in [-0.25, -0.2) is 9.78 Å². The third-order valence-electron chi connectivity index (χ3n) is 5.89. The first-order chi connectivity index (χ1) is 12.6. The SMILES string of the molecule is COC(=O)c1cccnc1N1C[C@@H]2CN(C)[C@@H](c3ccccc3C)[C@@H]2C1.Cl.Cl. The third-order valence-corrected chi connectivity index (χ3v) is 5.89. The smallest absolute Gasteiger partial charge is 0.341 e. The number of aryl methyl sites for hydroxylation is 1. The molecule has 0 bridgehead atoms. The lowest BCUT2D eigenvalue weighted by Gasteiger charge is -2.28. The van der Waals surface area contributed by atoms with Crippen LogP contribution in [0.1, 0.15) is 27.5 Å². The summed E-state index contributed by atoms with van der Waals surface area (Å²) in [6, 6.07) is 12.7. The summed E-state index contributed by atoms with van der Waals surface area (Å²) in [6.45, 7) is 5.10. The summed E-state index contributed by atoms with van der Waals surface area (Å²) in [4.78, 5) is 21.4. The highest BCUT2D eigenvalue weighted by Crippen LogP contribution is 2.45. The monoisotopic (exact) mass is 423 g/mol. The van der Waals surface area contributed by atoms with Crippen molar-refractivity contribution in [2.45, 2.75) is 13.0 Å². The van der Waals surface area contributed by atoms with Gasteiger partial charge in [0.15, 0.2) is 0 Å². The highest BCUT2D eigenvalue weighted by Gasteiger charge is 2.47. The molecule has 0 radical (unpaired) electrons. The van der Waals surface area contributed by atoms with Crippen molar-refractivity contribution in [3.63, 3.8) is 0 Å². The van der Waals surface area contributed by atoms with Crippen molar-refractivity contribution in [2.75, 3.05) is 38.7 Å². The molecule has 3 atom stereocenters. The van der Waals surface area contributed by atoms with Crippen molar-refractivity contribution < 1.29 is 9.53 Å². The number of hydrogen-bond acceptors (Lipinski definition) is 5. The molecule has 2 aliphatic rings. The highest BCUT2D eigenvalue weighted by atomic mass is 35.5. The third kappa shape index (κ3) is 3.84. The topological polar surface area (TPSA) is 45.7 Å². The summed E-state index contributed by atoms with van der Waals surface area (Å²) >= 11 is 0. The van der Waals surface area contributed by atoms with Crippen LogP contribution >= 0.6 is 24.8 Å². The van der Waals surface area contributed by atoms with Gasteiger partial charge in [-0.1, -0.05) is 24.3 Å². The van der Waals surface area contributed by atoms with Crippen LogP contribution in [0, 0.1) is 18.8 Å². The van der Waals surface area contributed by atoms with Crippen LogP contribution in [-0.4, -0.2) is 49.6 Å². The first-order valence-corrected chi connectivity index (χ1v) is 9.14. The number of pyridine rings is 1. The summed E-state index contributed by atoms with van der Waals surface area (Å²) in [5.74, 6) is 1.54. The number of benzene rings is 1.